The highest BCUT2D eigenvalue weighted by Gasteiger charge is 2.38. The van der Waals surface area contributed by atoms with Crippen molar-refractivity contribution in [3.05, 3.63) is 17.7 Å². The third-order valence-corrected chi connectivity index (χ3v) is 4.99. The van der Waals surface area contributed by atoms with Crippen LogP contribution in [0, 0.1) is 0 Å². The molecule has 0 aromatic carbocycles. The first kappa shape index (κ1) is 16.1. The number of likely N-dealkylation sites (N-methyl/N-ethyl adjacent to an activating group) is 1. The van der Waals surface area contributed by atoms with Gasteiger partial charge in [-0.05, 0) is 18.5 Å². The minimum atomic E-state index is -3.88. The summed E-state index contributed by atoms with van der Waals surface area (Å²) in [4.78, 5) is 19.2. The molecule has 1 unspecified atom stereocenters. The standard InChI is InChI=1S/C11H15ClN4O4S/c1-2-13-10(17)9-7-20-4-3-16(9)21(18,19)8-5-14-11(12)15-6-8/h5-6,9H,2-4,7H2,1H3,(H,13,17). The molecule has 1 aliphatic rings. The highest BCUT2D eigenvalue weighted by Crippen LogP contribution is 2.20. The maximum Gasteiger partial charge on any atom is 0.247 e. The summed E-state index contributed by atoms with van der Waals surface area (Å²) < 4.78 is 31.5. The molecule has 0 aliphatic carbocycles. The lowest BCUT2D eigenvalue weighted by atomic mass is 10.2. The minimum Gasteiger partial charge on any atom is -0.378 e. The van der Waals surface area contributed by atoms with Crippen molar-refractivity contribution in [1.82, 2.24) is 19.6 Å². The van der Waals surface area contributed by atoms with Gasteiger partial charge in [-0.15, -0.1) is 0 Å². The maximum absolute atomic E-state index is 12.6. The first-order valence-corrected chi connectivity index (χ1v) is 8.13. The zero-order valence-electron chi connectivity index (χ0n) is 11.3. The monoisotopic (exact) mass is 334 g/mol. The highest BCUT2D eigenvalue weighted by atomic mass is 35.5. The topological polar surface area (TPSA) is 101 Å². The van der Waals surface area contributed by atoms with Crippen LogP contribution in [-0.4, -0.2) is 60.9 Å². The molecule has 0 spiro atoms. The summed E-state index contributed by atoms with van der Waals surface area (Å²) in [5.41, 5.74) is 0. The Balaban J connectivity index is 2.31. The Morgan fingerprint density at radius 2 is 2.19 bits per heavy atom. The molecule has 1 fully saturated rings. The number of rotatable bonds is 4. The van der Waals surface area contributed by atoms with Gasteiger partial charge in [0, 0.05) is 13.1 Å². The number of sulfonamides is 1. The van der Waals surface area contributed by atoms with Crippen LogP contribution in [0.2, 0.25) is 5.28 Å². The first-order valence-electron chi connectivity index (χ1n) is 6.31. The van der Waals surface area contributed by atoms with Crippen molar-refractivity contribution in [1.29, 1.82) is 0 Å². The Kier molecular flexibility index (Phi) is 5.09. The number of carbonyl (C=O) groups excluding carboxylic acids is 1. The number of nitrogens with one attached hydrogen (secondary N) is 1. The SMILES string of the molecule is CCNC(=O)C1COCCN1S(=O)(=O)c1cnc(Cl)nc1. The van der Waals surface area contributed by atoms with E-state index >= 15 is 0 Å². The van der Waals surface area contributed by atoms with Crippen LogP contribution >= 0.6 is 11.6 Å². The summed E-state index contributed by atoms with van der Waals surface area (Å²) in [6, 6.07) is -0.903. The van der Waals surface area contributed by atoms with E-state index in [9.17, 15) is 13.2 Å². The van der Waals surface area contributed by atoms with E-state index in [0.29, 0.717) is 6.54 Å². The first-order chi connectivity index (χ1) is 9.96. The third kappa shape index (κ3) is 3.49. The van der Waals surface area contributed by atoms with Crippen molar-refractivity contribution in [2.24, 2.45) is 0 Å². The summed E-state index contributed by atoms with van der Waals surface area (Å²) in [5.74, 6) is -0.393. The summed E-state index contributed by atoms with van der Waals surface area (Å²) >= 11 is 5.55. The fourth-order valence-electron chi connectivity index (χ4n) is 1.94. The average Bonchev–Trinajstić information content (AvgIpc) is 2.48. The van der Waals surface area contributed by atoms with E-state index in [2.05, 4.69) is 15.3 Å². The zero-order valence-corrected chi connectivity index (χ0v) is 12.9. The van der Waals surface area contributed by atoms with Crippen molar-refractivity contribution >= 4 is 27.5 Å². The van der Waals surface area contributed by atoms with Gasteiger partial charge in [-0.3, -0.25) is 4.79 Å². The normalized spacial score (nSPS) is 20.2. The van der Waals surface area contributed by atoms with Crippen LogP contribution in [0.25, 0.3) is 0 Å². The van der Waals surface area contributed by atoms with Gasteiger partial charge in [-0.25, -0.2) is 18.4 Å². The Hall–Kier alpha value is -1.29. The lowest BCUT2D eigenvalue weighted by Gasteiger charge is -2.33. The molecular weight excluding hydrogens is 320 g/mol. The molecule has 2 rings (SSSR count). The van der Waals surface area contributed by atoms with Crippen LogP contribution in [0.1, 0.15) is 6.92 Å². The van der Waals surface area contributed by atoms with Gasteiger partial charge >= 0.3 is 0 Å². The van der Waals surface area contributed by atoms with Crippen molar-refractivity contribution in [2.45, 2.75) is 17.9 Å². The number of halogens is 1. The second kappa shape index (κ2) is 6.65. The van der Waals surface area contributed by atoms with E-state index in [-0.39, 0.29) is 29.9 Å². The van der Waals surface area contributed by atoms with E-state index in [1.165, 1.54) is 0 Å². The van der Waals surface area contributed by atoms with E-state index in [0.717, 1.165) is 16.7 Å². The molecule has 2 heterocycles. The molecule has 21 heavy (non-hydrogen) atoms. The van der Waals surface area contributed by atoms with Crippen LogP contribution in [0.4, 0.5) is 0 Å². The number of hydrogen-bond acceptors (Lipinski definition) is 6. The molecule has 1 amide bonds. The van der Waals surface area contributed by atoms with Gasteiger partial charge in [0.15, 0.2) is 0 Å². The summed E-state index contributed by atoms with van der Waals surface area (Å²) in [6.45, 7) is 2.50. The molecule has 116 valence electrons. The molecule has 1 aromatic rings. The highest BCUT2D eigenvalue weighted by molar-refractivity contribution is 7.89. The van der Waals surface area contributed by atoms with Gasteiger partial charge in [0.25, 0.3) is 0 Å². The summed E-state index contributed by atoms with van der Waals surface area (Å²) in [7, 11) is -3.88. The Bertz CT molecular complexity index is 607. The molecule has 1 atom stereocenters. The number of amides is 1. The quantitative estimate of drug-likeness (QED) is 0.756. The molecule has 1 aliphatic heterocycles. The molecule has 0 saturated carbocycles. The average molecular weight is 335 g/mol. The molecule has 1 aromatic heterocycles. The smallest absolute Gasteiger partial charge is 0.247 e. The van der Waals surface area contributed by atoms with E-state index in [1.807, 2.05) is 0 Å². The van der Waals surface area contributed by atoms with Crippen molar-refractivity contribution < 1.29 is 17.9 Å². The lowest BCUT2D eigenvalue weighted by molar-refractivity contribution is -0.129. The van der Waals surface area contributed by atoms with Gasteiger partial charge in [-0.1, -0.05) is 0 Å². The number of morpholine rings is 1. The van der Waals surface area contributed by atoms with Gasteiger partial charge < -0.3 is 10.1 Å². The third-order valence-electron chi connectivity index (χ3n) is 2.94. The molecule has 0 bridgehead atoms. The number of nitrogens with zero attached hydrogens (tertiary/aromatic N) is 3. The predicted octanol–water partition coefficient (Wildman–Crippen LogP) is -0.344. The fraction of sp³-hybridized carbons (Fsp3) is 0.545. The molecule has 1 saturated heterocycles. The molecular formula is C11H15ClN4O4S. The van der Waals surface area contributed by atoms with Gasteiger partial charge in [0.1, 0.15) is 10.9 Å². The largest absolute Gasteiger partial charge is 0.378 e. The Morgan fingerprint density at radius 3 is 2.81 bits per heavy atom. The second-order valence-electron chi connectivity index (χ2n) is 4.29. The number of hydrogen-bond donors (Lipinski definition) is 1. The van der Waals surface area contributed by atoms with Crippen molar-refractivity contribution in [3.63, 3.8) is 0 Å². The van der Waals surface area contributed by atoms with Gasteiger partial charge in [0.05, 0.1) is 25.6 Å². The Labute approximate surface area is 127 Å². The van der Waals surface area contributed by atoms with Crippen LogP contribution in [-0.2, 0) is 19.6 Å². The molecule has 0 radical (unpaired) electrons. The van der Waals surface area contributed by atoms with Gasteiger partial charge in [-0.2, -0.15) is 4.31 Å². The van der Waals surface area contributed by atoms with Crippen LogP contribution in [0.5, 0.6) is 0 Å². The van der Waals surface area contributed by atoms with Crippen molar-refractivity contribution in [2.75, 3.05) is 26.3 Å². The van der Waals surface area contributed by atoms with Crippen LogP contribution in [0.15, 0.2) is 17.3 Å². The predicted molar refractivity (Wildman–Crippen MR) is 74.2 cm³/mol. The molecule has 10 heteroatoms. The second-order valence-corrected chi connectivity index (χ2v) is 6.52. The molecule has 1 N–H and O–H groups in total. The van der Waals surface area contributed by atoms with E-state index in [4.69, 9.17) is 16.3 Å². The van der Waals surface area contributed by atoms with E-state index in [1.54, 1.807) is 6.92 Å². The van der Waals surface area contributed by atoms with Crippen LogP contribution in [0.3, 0.4) is 0 Å². The fourth-order valence-corrected chi connectivity index (χ4v) is 3.49. The minimum absolute atomic E-state index is 0.0134. The van der Waals surface area contributed by atoms with Crippen LogP contribution < -0.4 is 5.32 Å². The zero-order chi connectivity index (χ0) is 15.5. The summed E-state index contributed by atoms with van der Waals surface area (Å²) in [5, 5.41) is 2.56. The molecule has 8 nitrogen and oxygen atoms in total. The number of ether oxygens (including phenoxy) is 1. The number of carbonyl (C=O) groups is 1. The Morgan fingerprint density at radius 1 is 1.52 bits per heavy atom. The summed E-state index contributed by atoms with van der Waals surface area (Å²) in [6.07, 6.45) is 2.24. The maximum atomic E-state index is 12.6. The van der Waals surface area contributed by atoms with Crippen molar-refractivity contribution in [3.8, 4) is 0 Å². The lowest BCUT2D eigenvalue weighted by Crippen LogP contribution is -2.55. The van der Waals surface area contributed by atoms with Gasteiger partial charge in [0.2, 0.25) is 21.2 Å². The number of aromatic nitrogens is 2. The van der Waals surface area contributed by atoms with E-state index < -0.39 is 22.0 Å².